The van der Waals surface area contributed by atoms with Crippen LogP contribution in [0.3, 0.4) is 0 Å². The van der Waals surface area contributed by atoms with Gasteiger partial charge in [-0.05, 0) is 52.9 Å². The van der Waals surface area contributed by atoms with Crippen LogP contribution in [0, 0.1) is 0 Å². The zero-order valence-corrected chi connectivity index (χ0v) is 18.6. The lowest BCUT2D eigenvalue weighted by Crippen LogP contribution is -2.43. The van der Waals surface area contributed by atoms with Crippen molar-refractivity contribution in [1.29, 1.82) is 0 Å². The van der Waals surface area contributed by atoms with Gasteiger partial charge in [0, 0.05) is 6.61 Å². The molecule has 0 aromatic carbocycles. The van der Waals surface area contributed by atoms with E-state index < -0.39 is 13.7 Å². The molecule has 2 nitrogen and oxygen atoms in total. The molecule has 1 unspecified atom stereocenters. The fourth-order valence-electron chi connectivity index (χ4n) is 3.88. The highest BCUT2D eigenvalue weighted by molar-refractivity contribution is 14.1. The summed E-state index contributed by atoms with van der Waals surface area (Å²) in [6, 6.07) is 0. The lowest BCUT2D eigenvalue weighted by molar-refractivity contribution is 0.108. The summed E-state index contributed by atoms with van der Waals surface area (Å²) in [6.45, 7) is 9.40. The number of hydrogen-bond donors (Lipinski definition) is 2. The Hall–Kier alpha value is 0.347. The molecule has 0 aromatic heterocycles. The molecule has 1 rings (SSSR count). The van der Waals surface area contributed by atoms with Gasteiger partial charge in [0.25, 0.3) is 0 Å². The lowest BCUT2D eigenvalue weighted by atomic mass is 9.89. The summed E-state index contributed by atoms with van der Waals surface area (Å²) in [5.41, 5.74) is 1.67. The first kappa shape index (κ1) is 21.4. The second-order valence-electron chi connectivity index (χ2n) is 7.76. The van der Waals surface area contributed by atoms with Crippen LogP contribution in [0.15, 0.2) is 22.4 Å². The van der Waals surface area contributed by atoms with Crippen LogP contribution in [0.1, 0.15) is 58.3 Å². The van der Waals surface area contributed by atoms with Gasteiger partial charge in [-0.3, -0.25) is 0 Å². The van der Waals surface area contributed by atoms with E-state index in [0.29, 0.717) is 6.42 Å². The smallest absolute Gasteiger partial charge is 0.104 e. The van der Waals surface area contributed by atoms with Gasteiger partial charge in [-0.1, -0.05) is 74.5 Å². The van der Waals surface area contributed by atoms with Crippen LogP contribution < -0.4 is 0 Å². The first-order valence-corrected chi connectivity index (χ1v) is 14.2. The summed E-state index contributed by atoms with van der Waals surface area (Å²) in [6.07, 6.45) is 10.8. The molecule has 2 N–H and O–H groups in total. The molecule has 1 aliphatic carbocycles. The minimum atomic E-state index is -1.62. The number of unbranched alkanes of at least 4 members (excludes halogenated alkanes) is 3. The zero-order valence-electron chi connectivity index (χ0n) is 15.4. The first-order chi connectivity index (χ1) is 10.8. The molecule has 23 heavy (non-hydrogen) atoms. The molecule has 0 spiro atoms. The lowest BCUT2D eigenvalue weighted by Gasteiger charge is -2.37. The molecule has 0 heterocycles. The van der Waals surface area contributed by atoms with E-state index in [4.69, 9.17) is 0 Å². The number of hydrogen-bond acceptors (Lipinski definition) is 2. The third-order valence-electron chi connectivity index (χ3n) is 4.72. The summed E-state index contributed by atoms with van der Waals surface area (Å²) < 4.78 is 1.07. The van der Waals surface area contributed by atoms with Crippen molar-refractivity contribution in [2.45, 2.75) is 83.5 Å². The van der Waals surface area contributed by atoms with Gasteiger partial charge in [0.2, 0.25) is 0 Å². The summed E-state index contributed by atoms with van der Waals surface area (Å²) in [5, 5.41) is 22.4. The van der Waals surface area contributed by atoms with Crippen molar-refractivity contribution in [3.05, 3.63) is 22.4 Å². The highest BCUT2D eigenvalue weighted by atomic mass is 127. The second-order valence-corrected chi connectivity index (χ2v) is 13.8. The van der Waals surface area contributed by atoms with E-state index >= 15 is 0 Å². The first-order valence-electron chi connectivity index (χ1n) is 9.15. The minimum absolute atomic E-state index is 0.125. The maximum atomic E-state index is 11.6. The van der Waals surface area contributed by atoms with E-state index in [1.807, 2.05) is 0 Å². The molecule has 0 aliphatic heterocycles. The van der Waals surface area contributed by atoms with Gasteiger partial charge < -0.3 is 10.2 Å². The molecular weight excluding hydrogens is 415 g/mol. The SMILES string of the molecule is CCCCCCC1=C([Si](C)(C)C)C(O)(CCCI)C(CCO)=C1. The van der Waals surface area contributed by atoms with Crippen molar-refractivity contribution in [3.8, 4) is 0 Å². The third-order valence-corrected chi connectivity index (χ3v) is 7.71. The Morgan fingerprint density at radius 1 is 1.09 bits per heavy atom. The highest BCUT2D eigenvalue weighted by Crippen LogP contribution is 2.46. The van der Waals surface area contributed by atoms with Crippen LogP contribution >= 0.6 is 22.6 Å². The summed E-state index contributed by atoms with van der Waals surface area (Å²) >= 11 is 2.39. The van der Waals surface area contributed by atoms with E-state index in [9.17, 15) is 10.2 Å². The standard InChI is InChI=1S/C19H35IO2Si/c1-5-6-7-8-10-16-15-17(11-14-21)19(22,12-9-13-20)18(16)23(2,3)4/h15,21-22H,5-14H2,1-4H3. The van der Waals surface area contributed by atoms with Crippen molar-refractivity contribution in [3.63, 3.8) is 0 Å². The van der Waals surface area contributed by atoms with Crippen molar-refractivity contribution in [2.24, 2.45) is 0 Å². The van der Waals surface area contributed by atoms with Crippen LogP contribution in [0.2, 0.25) is 19.6 Å². The molecule has 4 heteroatoms. The van der Waals surface area contributed by atoms with Gasteiger partial charge in [-0.2, -0.15) is 0 Å². The van der Waals surface area contributed by atoms with E-state index in [0.717, 1.165) is 29.3 Å². The van der Waals surface area contributed by atoms with Crippen LogP contribution in [0.25, 0.3) is 0 Å². The van der Waals surface area contributed by atoms with Crippen LogP contribution in [-0.2, 0) is 0 Å². The van der Waals surface area contributed by atoms with Gasteiger partial charge in [0.15, 0.2) is 0 Å². The predicted octanol–water partition coefficient (Wildman–Crippen LogP) is 5.40. The predicted molar refractivity (Wildman–Crippen MR) is 112 cm³/mol. The molecule has 0 aromatic rings. The van der Waals surface area contributed by atoms with Gasteiger partial charge in [-0.25, -0.2) is 0 Å². The average molecular weight is 450 g/mol. The van der Waals surface area contributed by atoms with E-state index in [1.165, 1.54) is 36.5 Å². The largest absolute Gasteiger partial charge is 0.396 e. The molecule has 134 valence electrons. The maximum Gasteiger partial charge on any atom is 0.104 e. The Balaban J connectivity index is 3.10. The Bertz CT molecular complexity index is 437. The number of aliphatic hydroxyl groups excluding tert-OH is 1. The molecule has 0 amide bonds. The topological polar surface area (TPSA) is 40.5 Å². The molecule has 0 fully saturated rings. The molecule has 0 saturated carbocycles. The molecular formula is C19H35IO2Si. The van der Waals surface area contributed by atoms with Gasteiger partial charge in [0.1, 0.15) is 5.60 Å². The Morgan fingerprint density at radius 2 is 1.78 bits per heavy atom. The number of rotatable bonds is 11. The van der Waals surface area contributed by atoms with Crippen LogP contribution in [0.4, 0.5) is 0 Å². The van der Waals surface area contributed by atoms with Crippen molar-refractivity contribution < 1.29 is 10.2 Å². The third kappa shape index (κ3) is 5.68. The van der Waals surface area contributed by atoms with Crippen molar-refractivity contribution in [2.75, 3.05) is 11.0 Å². The minimum Gasteiger partial charge on any atom is -0.396 e. The molecule has 0 bridgehead atoms. The fourth-order valence-corrected chi connectivity index (χ4v) is 6.95. The van der Waals surface area contributed by atoms with E-state index in [1.54, 1.807) is 0 Å². The molecule has 0 radical (unpaired) electrons. The molecule has 1 atom stereocenters. The summed E-state index contributed by atoms with van der Waals surface area (Å²) in [4.78, 5) is 0. The fraction of sp³-hybridized carbons (Fsp3) is 0.789. The number of alkyl halides is 1. The van der Waals surface area contributed by atoms with Gasteiger partial charge in [0.05, 0.1) is 8.07 Å². The van der Waals surface area contributed by atoms with Crippen LogP contribution in [0.5, 0.6) is 0 Å². The van der Waals surface area contributed by atoms with Crippen LogP contribution in [-0.4, -0.2) is 34.9 Å². The Kier molecular flexibility index (Phi) is 9.05. The number of allylic oxidation sites excluding steroid dienone is 2. The van der Waals surface area contributed by atoms with Crippen molar-refractivity contribution >= 4 is 30.7 Å². The quantitative estimate of drug-likeness (QED) is 0.192. The molecule has 1 aliphatic rings. The monoisotopic (exact) mass is 450 g/mol. The van der Waals surface area contributed by atoms with Gasteiger partial charge >= 0.3 is 0 Å². The van der Waals surface area contributed by atoms with E-state index in [2.05, 4.69) is 55.2 Å². The number of halogens is 1. The normalized spacial score (nSPS) is 22.0. The Labute approximate surface area is 157 Å². The van der Waals surface area contributed by atoms with Gasteiger partial charge in [-0.15, -0.1) is 0 Å². The molecule has 0 saturated heterocycles. The maximum absolute atomic E-state index is 11.6. The second kappa shape index (κ2) is 9.73. The number of aliphatic hydroxyl groups is 2. The van der Waals surface area contributed by atoms with Crippen molar-refractivity contribution in [1.82, 2.24) is 0 Å². The average Bonchev–Trinajstić information content (AvgIpc) is 2.75. The summed E-state index contributed by atoms with van der Waals surface area (Å²) in [5.74, 6) is 0. The Morgan fingerprint density at radius 3 is 2.30 bits per heavy atom. The highest BCUT2D eigenvalue weighted by Gasteiger charge is 2.45. The van der Waals surface area contributed by atoms with E-state index in [-0.39, 0.29) is 6.61 Å². The summed E-state index contributed by atoms with van der Waals surface area (Å²) in [7, 11) is -1.62. The zero-order chi connectivity index (χ0) is 17.5.